The van der Waals surface area contributed by atoms with Crippen LogP contribution < -0.4 is 0 Å². The van der Waals surface area contributed by atoms with Crippen molar-refractivity contribution in [2.24, 2.45) is 0 Å². The van der Waals surface area contributed by atoms with Crippen molar-refractivity contribution in [2.75, 3.05) is 0 Å². The van der Waals surface area contributed by atoms with Crippen molar-refractivity contribution in [3.8, 4) is 5.69 Å². The van der Waals surface area contributed by atoms with Crippen LogP contribution in [0.3, 0.4) is 0 Å². The number of nitrogens with zero attached hydrogens (tertiary/aromatic N) is 2. The van der Waals surface area contributed by atoms with Crippen LogP contribution in [0.4, 0.5) is 8.78 Å². The zero-order valence-corrected chi connectivity index (χ0v) is 9.64. The summed E-state index contributed by atoms with van der Waals surface area (Å²) in [4.78, 5) is 10.7. The van der Waals surface area contributed by atoms with Crippen LogP contribution in [0.25, 0.3) is 5.69 Å². The van der Waals surface area contributed by atoms with E-state index in [1.165, 1.54) is 6.07 Å². The van der Waals surface area contributed by atoms with Crippen LogP contribution in [0.2, 0.25) is 10.3 Å². The molecule has 0 aliphatic heterocycles. The molecule has 0 spiro atoms. The summed E-state index contributed by atoms with van der Waals surface area (Å²) in [5.74, 6) is -2.03. The normalized spacial score (nSPS) is 10.6. The molecule has 1 heterocycles. The van der Waals surface area contributed by atoms with E-state index in [9.17, 15) is 13.6 Å². The molecule has 0 amide bonds. The highest BCUT2D eigenvalue weighted by Crippen LogP contribution is 2.25. The number of benzene rings is 1. The number of hydrogen-bond acceptors (Lipinski definition) is 2. The first-order chi connectivity index (χ1) is 8.04. The molecule has 0 N–H and O–H groups in total. The first-order valence-electron chi connectivity index (χ1n) is 4.39. The smallest absolute Gasteiger partial charge is 0.163 e. The Morgan fingerprint density at radius 1 is 1.24 bits per heavy atom. The molecule has 17 heavy (non-hydrogen) atoms. The fourth-order valence-corrected chi connectivity index (χ4v) is 1.80. The Kier molecular flexibility index (Phi) is 3.13. The standard InChI is InChI=1S/C10H4Cl2F2N2O/c11-9-6(4-17)10(12)16(15-9)5-1-2-7(13)8(14)3-5/h1-4H. The van der Waals surface area contributed by atoms with Gasteiger partial charge in [-0.15, -0.1) is 0 Å². The van der Waals surface area contributed by atoms with Crippen LogP contribution in [0.5, 0.6) is 0 Å². The number of hydrogen-bond donors (Lipinski definition) is 0. The molecule has 0 aliphatic carbocycles. The van der Waals surface area contributed by atoms with E-state index < -0.39 is 11.6 Å². The maximum Gasteiger partial charge on any atom is 0.163 e. The Hall–Kier alpha value is -1.46. The summed E-state index contributed by atoms with van der Waals surface area (Å²) < 4.78 is 26.8. The number of halogens is 4. The van der Waals surface area contributed by atoms with E-state index in [0.29, 0.717) is 6.29 Å². The van der Waals surface area contributed by atoms with Gasteiger partial charge in [-0.05, 0) is 12.1 Å². The third kappa shape index (κ3) is 2.03. The minimum atomic E-state index is -1.04. The van der Waals surface area contributed by atoms with Gasteiger partial charge in [0.15, 0.2) is 23.1 Å². The largest absolute Gasteiger partial charge is 0.298 e. The molecule has 7 heteroatoms. The van der Waals surface area contributed by atoms with Gasteiger partial charge in [0.1, 0.15) is 5.15 Å². The molecule has 0 saturated carbocycles. The molecule has 2 rings (SSSR count). The maximum absolute atomic E-state index is 13.0. The predicted molar refractivity (Wildman–Crippen MR) is 58.9 cm³/mol. The van der Waals surface area contributed by atoms with Crippen LogP contribution >= 0.6 is 23.2 Å². The third-order valence-corrected chi connectivity index (χ3v) is 2.73. The lowest BCUT2D eigenvalue weighted by Crippen LogP contribution is -1.98. The zero-order chi connectivity index (χ0) is 12.6. The summed E-state index contributed by atoms with van der Waals surface area (Å²) in [7, 11) is 0. The predicted octanol–water partition coefficient (Wildman–Crippen LogP) is 3.27. The fourth-order valence-electron chi connectivity index (χ4n) is 1.27. The molecule has 0 fully saturated rings. The first-order valence-corrected chi connectivity index (χ1v) is 5.15. The molecule has 3 nitrogen and oxygen atoms in total. The molecule has 0 bridgehead atoms. The minimum absolute atomic E-state index is 0.00179. The van der Waals surface area contributed by atoms with Crippen LogP contribution in [0.1, 0.15) is 10.4 Å². The van der Waals surface area contributed by atoms with Gasteiger partial charge in [-0.3, -0.25) is 4.79 Å². The second kappa shape index (κ2) is 4.43. The van der Waals surface area contributed by atoms with Gasteiger partial charge in [0, 0.05) is 6.07 Å². The molecule has 0 unspecified atom stereocenters. The van der Waals surface area contributed by atoms with Crippen molar-refractivity contribution in [3.63, 3.8) is 0 Å². The van der Waals surface area contributed by atoms with E-state index in [-0.39, 0.29) is 21.6 Å². The van der Waals surface area contributed by atoms with E-state index in [2.05, 4.69) is 5.10 Å². The second-order valence-electron chi connectivity index (χ2n) is 3.12. The number of carbonyl (C=O) groups is 1. The lowest BCUT2D eigenvalue weighted by atomic mass is 10.3. The minimum Gasteiger partial charge on any atom is -0.298 e. The molecular formula is C10H4Cl2F2N2O. The summed E-state index contributed by atoms with van der Waals surface area (Å²) >= 11 is 11.5. The molecule has 0 saturated heterocycles. The zero-order valence-electron chi connectivity index (χ0n) is 8.12. The highest BCUT2D eigenvalue weighted by molar-refractivity contribution is 6.37. The second-order valence-corrected chi connectivity index (χ2v) is 3.84. The van der Waals surface area contributed by atoms with Crippen LogP contribution in [-0.4, -0.2) is 16.1 Å². The molecule has 2 aromatic rings. The Bertz CT molecular complexity index is 598. The molecule has 0 atom stereocenters. The SMILES string of the molecule is O=Cc1c(Cl)nn(-c2ccc(F)c(F)c2)c1Cl. The molecule has 0 aliphatic rings. The van der Waals surface area contributed by atoms with Gasteiger partial charge in [-0.25, -0.2) is 13.5 Å². The fraction of sp³-hybridized carbons (Fsp3) is 0. The average molecular weight is 277 g/mol. The van der Waals surface area contributed by atoms with Gasteiger partial charge >= 0.3 is 0 Å². The van der Waals surface area contributed by atoms with Gasteiger partial charge < -0.3 is 0 Å². The van der Waals surface area contributed by atoms with E-state index >= 15 is 0 Å². The molecule has 88 valence electrons. The van der Waals surface area contributed by atoms with Gasteiger partial charge in [-0.2, -0.15) is 5.10 Å². The number of aldehydes is 1. The molecule has 0 radical (unpaired) electrons. The number of aromatic nitrogens is 2. The molecule has 1 aromatic heterocycles. The van der Waals surface area contributed by atoms with Crippen molar-refractivity contribution >= 4 is 29.5 Å². The summed E-state index contributed by atoms with van der Waals surface area (Å²) in [6, 6.07) is 3.10. The van der Waals surface area contributed by atoms with E-state index in [1.807, 2.05) is 0 Å². The Morgan fingerprint density at radius 2 is 1.94 bits per heavy atom. The highest BCUT2D eigenvalue weighted by Gasteiger charge is 2.16. The lowest BCUT2D eigenvalue weighted by Gasteiger charge is -2.03. The summed E-state index contributed by atoms with van der Waals surface area (Å²) in [6.45, 7) is 0. The average Bonchev–Trinajstić information content (AvgIpc) is 2.58. The van der Waals surface area contributed by atoms with Gasteiger partial charge in [0.05, 0.1) is 11.3 Å². The van der Waals surface area contributed by atoms with Crippen LogP contribution in [-0.2, 0) is 0 Å². The monoisotopic (exact) mass is 276 g/mol. The van der Waals surface area contributed by atoms with Crippen molar-refractivity contribution in [1.82, 2.24) is 9.78 Å². The quantitative estimate of drug-likeness (QED) is 0.789. The Labute approximate surface area is 105 Å². The molecule has 1 aromatic carbocycles. The molecular weight excluding hydrogens is 273 g/mol. The first kappa shape index (κ1) is 12.0. The van der Waals surface area contributed by atoms with Gasteiger partial charge in [-0.1, -0.05) is 23.2 Å². The van der Waals surface area contributed by atoms with Crippen molar-refractivity contribution in [3.05, 3.63) is 45.7 Å². The van der Waals surface area contributed by atoms with Gasteiger partial charge in [0.25, 0.3) is 0 Å². The van der Waals surface area contributed by atoms with Crippen molar-refractivity contribution in [2.45, 2.75) is 0 Å². The van der Waals surface area contributed by atoms with E-state index in [0.717, 1.165) is 16.8 Å². The number of rotatable bonds is 2. The third-order valence-electron chi connectivity index (χ3n) is 2.08. The summed E-state index contributed by atoms with van der Waals surface area (Å²) in [5, 5.41) is 3.59. The van der Waals surface area contributed by atoms with E-state index in [4.69, 9.17) is 23.2 Å². The van der Waals surface area contributed by atoms with Gasteiger partial charge in [0.2, 0.25) is 0 Å². The van der Waals surface area contributed by atoms with Crippen molar-refractivity contribution < 1.29 is 13.6 Å². The summed E-state index contributed by atoms with van der Waals surface area (Å²) in [6.07, 6.45) is 0.439. The van der Waals surface area contributed by atoms with Crippen LogP contribution in [0.15, 0.2) is 18.2 Å². The number of carbonyl (C=O) groups excluding carboxylic acids is 1. The summed E-state index contributed by atoms with van der Waals surface area (Å²) in [5.41, 5.74) is 0.168. The lowest BCUT2D eigenvalue weighted by molar-refractivity contribution is 0.112. The van der Waals surface area contributed by atoms with Crippen molar-refractivity contribution in [1.29, 1.82) is 0 Å². The topological polar surface area (TPSA) is 34.9 Å². The maximum atomic E-state index is 13.0. The Morgan fingerprint density at radius 3 is 2.47 bits per heavy atom. The van der Waals surface area contributed by atoms with Crippen LogP contribution in [0, 0.1) is 11.6 Å². The highest BCUT2D eigenvalue weighted by atomic mass is 35.5. The Balaban J connectivity index is 2.60. The van der Waals surface area contributed by atoms with E-state index in [1.54, 1.807) is 0 Å².